The molecule has 2 heterocycles. The third kappa shape index (κ3) is 2.63. The molecule has 1 aliphatic carbocycles. The first kappa shape index (κ1) is 13.7. The summed E-state index contributed by atoms with van der Waals surface area (Å²) in [5.41, 5.74) is 0.167. The zero-order chi connectivity index (χ0) is 14.7. The molecular formula is C14H18N6O. The van der Waals surface area contributed by atoms with Crippen molar-refractivity contribution in [3.63, 3.8) is 0 Å². The Kier molecular flexibility index (Phi) is 3.64. The number of hydrogen-bond acceptors (Lipinski definition) is 5. The predicted octanol–water partition coefficient (Wildman–Crippen LogP) is 1.67. The van der Waals surface area contributed by atoms with E-state index in [1.807, 2.05) is 19.1 Å². The van der Waals surface area contributed by atoms with Crippen LogP contribution < -0.4 is 5.32 Å². The van der Waals surface area contributed by atoms with Crippen LogP contribution in [0.15, 0.2) is 24.5 Å². The summed E-state index contributed by atoms with van der Waals surface area (Å²) in [6.45, 7) is 1.90. The van der Waals surface area contributed by atoms with E-state index in [0.29, 0.717) is 5.82 Å². The van der Waals surface area contributed by atoms with Crippen LogP contribution in [0.25, 0.3) is 0 Å². The summed E-state index contributed by atoms with van der Waals surface area (Å²) < 4.78 is 1.59. The van der Waals surface area contributed by atoms with Gasteiger partial charge in [0.2, 0.25) is 0 Å². The molecule has 7 heteroatoms. The number of carbonyl (C=O) groups excluding carboxylic acids is 1. The average Bonchev–Trinajstić information content (AvgIpc) is 3.02. The smallest absolute Gasteiger partial charge is 0.253 e. The van der Waals surface area contributed by atoms with E-state index < -0.39 is 5.54 Å². The van der Waals surface area contributed by atoms with E-state index in [9.17, 15) is 4.79 Å². The topological polar surface area (TPSA) is 85.6 Å². The number of nitrogens with one attached hydrogen (secondary N) is 1. The summed E-state index contributed by atoms with van der Waals surface area (Å²) in [5.74, 6) is 0.477. The van der Waals surface area contributed by atoms with Crippen LogP contribution >= 0.6 is 0 Å². The van der Waals surface area contributed by atoms with E-state index in [1.165, 1.54) is 6.33 Å². The van der Waals surface area contributed by atoms with E-state index in [-0.39, 0.29) is 5.91 Å². The molecule has 0 spiro atoms. The van der Waals surface area contributed by atoms with Gasteiger partial charge in [0.05, 0.1) is 0 Å². The zero-order valence-electron chi connectivity index (χ0n) is 12.0. The largest absolute Gasteiger partial charge is 0.309 e. The SMILES string of the molecule is Cc1cccc(NC(=O)C2(n3cnnn3)CCCCC2)n1. The Morgan fingerprint density at radius 1 is 1.29 bits per heavy atom. The molecule has 21 heavy (non-hydrogen) atoms. The first-order valence-electron chi connectivity index (χ1n) is 7.19. The lowest BCUT2D eigenvalue weighted by atomic mass is 9.81. The number of aromatic nitrogens is 5. The molecular weight excluding hydrogens is 268 g/mol. The van der Waals surface area contributed by atoms with Gasteiger partial charge in [0, 0.05) is 5.69 Å². The van der Waals surface area contributed by atoms with Gasteiger partial charge in [0.15, 0.2) is 0 Å². The lowest BCUT2D eigenvalue weighted by Gasteiger charge is -2.34. The van der Waals surface area contributed by atoms with Gasteiger partial charge in [-0.15, -0.1) is 5.10 Å². The summed E-state index contributed by atoms with van der Waals surface area (Å²) in [5, 5.41) is 14.2. The van der Waals surface area contributed by atoms with E-state index in [4.69, 9.17) is 0 Å². The second kappa shape index (κ2) is 5.59. The minimum absolute atomic E-state index is 0.0902. The van der Waals surface area contributed by atoms with Crippen LogP contribution in [0.2, 0.25) is 0 Å². The molecule has 1 saturated carbocycles. The van der Waals surface area contributed by atoms with Crippen molar-refractivity contribution in [1.29, 1.82) is 0 Å². The molecule has 110 valence electrons. The third-order valence-electron chi connectivity index (χ3n) is 4.02. The molecule has 0 aromatic carbocycles. The summed E-state index contributed by atoms with van der Waals surface area (Å²) in [4.78, 5) is 17.2. The number of nitrogens with zero attached hydrogens (tertiary/aromatic N) is 5. The molecule has 1 amide bonds. The number of aryl methyl sites for hydroxylation is 1. The van der Waals surface area contributed by atoms with Gasteiger partial charge in [-0.1, -0.05) is 25.3 Å². The van der Waals surface area contributed by atoms with Gasteiger partial charge in [-0.2, -0.15) is 0 Å². The minimum Gasteiger partial charge on any atom is -0.309 e. The number of carbonyl (C=O) groups is 1. The van der Waals surface area contributed by atoms with E-state index >= 15 is 0 Å². The van der Waals surface area contributed by atoms with Crippen molar-refractivity contribution in [3.05, 3.63) is 30.2 Å². The maximum absolute atomic E-state index is 12.8. The molecule has 2 aromatic heterocycles. The fourth-order valence-corrected chi connectivity index (χ4v) is 2.90. The predicted molar refractivity (Wildman–Crippen MR) is 76.5 cm³/mol. The average molecular weight is 286 g/mol. The van der Waals surface area contributed by atoms with Crippen molar-refractivity contribution in [2.45, 2.75) is 44.6 Å². The van der Waals surface area contributed by atoms with Crippen molar-refractivity contribution in [2.24, 2.45) is 0 Å². The maximum atomic E-state index is 12.8. The van der Waals surface area contributed by atoms with Crippen molar-refractivity contribution < 1.29 is 4.79 Å². The molecule has 3 rings (SSSR count). The fourth-order valence-electron chi connectivity index (χ4n) is 2.90. The van der Waals surface area contributed by atoms with Crippen LogP contribution in [0.3, 0.4) is 0 Å². The van der Waals surface area contributed by atoms with Crippen LogP contribution in [0.4, 0.5) is 5.82 Å². The van der Waals surface area contributed by atoms with Crippen LogP contribution in [-0.4, -0.2) is 31.1 Å². The first-order chi connectivity index (χ1) is 10.2. The maximum Gasteiger partial charge on any atom is 0.253 e. The lowest BCUT2D eigenvalue weighted by Crippen LogP contribution is -2.47. The minimum atomic E-state index is -0.701. The number of rotatable bonds is 3. The van der Waals surface area contributed by atoms with Crippen molar-refractivity contribution in [2.75, 3.05) is 5.32 Å². The highest BCUT2D eigenvalue weighted by atomic mass is 16.2. The van der Waals surface area contributed by atoms with Gasteiger partial charge < -0.3 is 5.32 Å². The Labute approximate surface area is 122 Å². The second-order valence-electron chi connectivity index (χ2n) is 5.46. The van der Waals surface area contributed by atoms with Gasteiger partial charge >= 0.3 is 0 Å². The molecule has 0 unspecified atom stereocenters. The number of tetrazole rings is 1. The Balaban J connectivity index is 1.88. The van der Waals surface area contributed by atoms with Gasteiger partial charge in [-0.05, 0) is 42.3 Å². The monoisotopic (exact) mass is 286 g/mol. The molecule has 0 radical (unpaired) electrons. The number of anilines is 1. The summed E-state index contributed by atoms with van der Waals surface area (Å²) >= 11 is 0. The Hall–Kier alpha value is -2.31. The molecule has 7 nitrogen and oxygen atoms in total. The molecule has 1 fully saturated rings. The van der Waals surface area contributed by atoms with Crippen LogP contribution in [0.5, 0.6) is 0 Å². The number of hydrogen-bond donors (Lipinski definition) is 1. The first-order valence-corrected chi connectivity index (χ1v) is 7.19. The molecule has 0 atom stereocenters. The van der Waals surface area contributed by atoms with Crippen LogP contribution in [0.1, 0.15) is 37.8 Å². The molecule has 0 aliphatic heterocycles. The molecule has 0 saturated heterocycles. The van der Waals surface area contributed by atoms with Crippen LogP contribution in [-0.2, 0) is 10.3 Å². The van der Waals surface area contributed by atoms with Gasteiger partial charge in [0.1, 0.15) is 17.7 Å². The number of pyridine rings is 1. The van der Waals surface area contributed by atoms with Gasteiger partial charge in [-0.25, -0.2) is 9.67 Å². The highest BCUT2D eigenvalue weighted by molar-refractivity contribution is 5.96. The van der Waals surface area contributed by atoms with Gasteiger partial charge in [-0.3, -0.25) is 4.79 Å². The highest BCUT2D eigenvalue weighted by Gasteiger charge is 2.42. The Morgan fingerprint density at radius 3 is 2.76 bits per heavy atom. The molecule has 2 aromatic rings. The normalized spacial score (nSPS) is 17.4. The Morgan fingerprint density at radius 2 is 2.10 bits per heavy atom. The number of amides is 1. The molecule has 1 aliphatic rings. The van der Waals surface area contributed by atoms with E-state index in [1.54, 1.807) is 10.7 Å². The quantitative estimate of drug-likeness (QED) is 0.927. The van der Waals surface area contributed by atoms with Crippen molar-refractivity contribution in [3.8, 4) is 0 Å². The third-order valence-corrected chi connectivity index (χ3v) is 4.02. The second-order valence-corrected chi connectivity index (χ2v) is 5.46. The molecule has 0 bridgehead atoms. The highest BCUT2D eigenvalue weighted by Crippen LogP contribution is 2.35. The zero-order valence-corrected chi connectivity index (χ0v) is 12.0. The van der Waals surface area contributed by atoms with Crippen molar-refractivity contribution in [1.82, 2.24) is 25.2 Å². The standard InChI is InChI=1S/C14H18N6O/c1-11-6-5-7-12(16-11)17-13(21)14(8-3-2-4-9-14)20-10-15-18-19-20/h5-7,10H,2-4,8-9H2,1H3,(H,16,17,21). The van der Waals surface area contributed by atoms with E-state index in [0.717, 1.165) is 37.8 Å². The van der Waals surface area contributed by atoms with Crippen molar-refractivity contribution >= 4 is 11.7 Å². The summed E-state index contributed by atoms with van der Waals surface area (Å²) in [7, 11) is 0. The summed E-state index contributed by atoms with van der Waals surface area (Å²) in [6.07, 6.45) is 6.14. The van der Waals surface area contributed by atoms with E-state index in [2.05, 4.69) is 25.8 Å². The van der Waals surface area contributed by atoms with Crippen LogP contribution in [0, 0.1) is 6.92 Å². The van der Waals surface area contributed by atoms with Gasteiger partial charge in [0.25, 0.3) is 5.91 Å². The lowest BCUT2D eigenvalue weighted by molar-refractivity contribution is -0.126. The molecule has 1 N–H and O–H groups in total. The summed E-state index contributed by atoms with van der Waals surface area (Å²) in [6, 6.07) is 5.57. The fraction of sp³-hybridized carbons (Fsp3) is 0.500. The Bertz CT molecular complexity index is 618.